The molecule has 2 atom stereocenters. The number of hydrogen-bond acceptors (Lipinski definition) is 7. The topological polar surface area (TPSA) is 208 Å². The molecule has 12 nitrogen and oxygen atoms in total. The maximum atomic E-state index is 12.1. The Labute approximate surface area is 136 Å². The average molecular weight is 348 g/mol. The minimum Gasteiger partial charge on any atom is -0.481 e. The van der Waals surface area contributed by atoms with Crippen molar-refractivity contribution in [2.75, 3.05) is 19.7 Å². The molecule has 12 heteroatoms. The third kappa shape index (κ3) is 8.65. The standard InChI is InChI=1S/C12H20N4O8/c13-3-8(18)15-6(1-2-9(19)20)12(24)16-7(5-17)11(23)14-4-10(21)22/h6-7,17H,1-5,13H2,(H,14,23)(H,15,18)(H,16,24)(H,19,20)(H,21,22). The molecule has 0 aromatic carbocycles. The Morgan fingerprint density at radius 1 is 0.917 bits per heavy atom. The van der Waals surface area contributed by atoms with Crippen LogP contribution in [0.4, 0.5) is 0 Å². The van der Waals surface area contributed by atoms with E-state index in [1.807, 2.05) is 5.32 Å². The maximum absolute atomic E-state index is 12.1. The van der Waals surface area contributed by atoms with Crippen LogP contribution in [0.25, 0.3) is 0 Å². The summed E-state index contributed by atoms with van der Waals surface area (Å²) in [5, 5.41) is 32.5. The Balaban J connectivity index is 4.84. The van der Waals surface area contributed by atoms with Gasteiger partial charge in [-0.1, -0.05) is 0 Å². The number of nitrogens with two attached hydrogens (primary N) is 1. The van der Waals surface area contributed by atoms with Gasteiger partial charge in [0.05, 0.1) is 13.2 Å². The van der Waals surface area contributed by atoms with Crippen molar-refractivity contribution in [2.24, 2.45) is 5.73 Å². The molecule has 3 amide bonds. The SMILES string of the molecule is NCC(=O)NC(CCC(=O)O)C(=O)NC(CO)C(=O)NCC(=O)O. The van der Waals surface area contributed by atoms with Crippen LogP contribution >= 0.6 is 0 Å². The number of aliphatic carboxylic acids is 2. The zero-order valence-corrected chi connectivity index (χ0v) is 12.7. The molecule has 24 heavy (non-hydrogen) atoms. The number of amides is 3. The second-order valence-corrected chi connectivity index (χ2v) is 4.61. The number of carbonyl (C=O) groups excluding carboxylic acids is 3. The van der Waals surface area contributed by atoms with E-state index in [2.05, 4.69) is 10.6 Å². The highest BCUT2D eigenvalue weighted by molar-refractivity contribution is 5.93. The van der Waals surface area contributed by atoms with Gasteiger partial charge in [-0.15, -0.1) is 0 Å². The van der Waals surface area contributed by atoms with E-state index in [4.69, 9.17) is 21.1 Å². The molecular weight excluding hydrogens is 328 g/mol. The summed E-state index contributed by atoms with van der Waals surface area (Å²) >= 11 is 0. The number of rotatable bonds is 11. The predicted molar refractivity (Wildman–Crippen MR) is 77.5 cm³/mol. The minimum atomic E-state index is -1.46. The van der Waals surface area contributed by atoms with Gasteiger partial charge in [-0.05, 0) is 6.42 Å². The fourth-order valence-corrected chi connectivity index (χ4v) is 1.54. The van der Waals surface area contributed by atoms with Gasteiger partial charge in [-0.3, -0.25) is 24.0 Å². The molecule has 0 radical (unpaired) electrons. The van der Waals surface area contributed by atoms with Gasteiger partial charge in [0.15, 0.2) is 0 Å². The van der Waals surface area contributed by atoms with Crippen LogP contribution in [-0.4, -0.2) is 76.8 Å². The van der Waals surface area contributed by atoms with Crippen LogP contribution in [0.15, 0.2) is 0 Å². The van der Waals surface area contributed by atoms with Crippen LogP contribution in [-0.2, 0) is 24.0 Å². The number of aliphatic hydroxyl groups is 1. The van der Waals surface area contributed by atoms with E-state index in [1.165, 1.54) is 0 Å². The molecule has 2 unspecified atom stereocenters. The smallest absolute Gasteiger partial charge is 0.322 e. The van der Waals surface area contributed by atoms with Crippen LogP contribution in [0.5, 0.6) is 0 Å². The molecule has 0 spiro atoms. The highest BCUT2D eigenvalue weighted by atomic mass is 16.4. The van der Waals surface area contributed by atoms with E-state index in [-0.39, 0.29) is 6.42 Å². The molecular formula is C12H20N4O8. The normalized spacial score (nSPS) is 12.6. The first-order valence-corrected chi connectivity index (χ1v) is 6.83. The summed E-state index contributed by atoms with van der Waals surface area (Å²) in [4.78, 5) is 55.9. The summed E-state index contributed by atoms with van der Waals surface area (Å²) in [6.45, 7) is -1.97. The third-order valence-electron chi connectivity index (χ3n) is 2.71. The van der Waals surface area contributed by atoms with Crippen LogP contribution in [0.3, 0.4) is 0 Å². The monoisotopic (exact) mass is 348 g/mol. The summed E-state index contributed by atoms with van der Waals surface area (Å²) < 4.78 is 0. The Morgan fingerprint density at radius 2 is 1.54 bits per heavy atom. The van der Waals surface area contributed by atoms with Gasteiger partial charge in [0.25, 0.3) is 0 Å². The highest BCUT2D eigenvalue weighted by Crippen LogP contribution is 1.99. The number of carboxylic acid groups (broad SMARTS) is 2. The van der Waals surface area contributed by atoms with Crippen LogP contribution in [0, 0.1) is 0 Å². The fourth-order valence-electron chi connectivity index (χ4n) is 1.54. The van der Waals surface area contributed by atoms with Crippen molar-refractivity contribution in [3.63, 3.8) is 0 Å². The molecule has 0 aromatic heterocycles. The van der Waals surface area contributed by atoms with Gasteiger partial charge in [0, 0.05) is 6.42 Å². The summed E-state index contributed by atoms with van der Waals surface area (Å²) in [7, 11) is 0. The largest absolute Gasteiger partial charge is 0.481 e. The fraction of sp³-hybridized carbons (Fsp3) is 0.583. The Bertz CT molecular complexity index is 495. The van der Waals surface area contributed by atoms with Gasteiger partial charge in [0.1, 0.15) is 18.6 Å². The quantitative estimate of drug-likeness (QED) is 0.193. The predicted octanol–water partition coefficient (Wildman–Crippen LogP) is -4.03. The number of aliphatic hydroxyl groups excluding tert-OH is 1. The Kier molecular flexibility index (Phi) is 9.67. The second kappa shape index (κ2) is 10.9. The molecule has 136 valence electrons. The van der Waals surface area contributed by atoms with Crippen LogP contribution < -0.4 is 21.7 Å². The first kappa shape index (κ1) is 21.3. The maximum Gasteiger partial charge on any atom is 0.322 e. The van der Waals surface area contributed by atoms with Gasteiger partial charge in [-0.2, -0.15) is 0 Å². The molecule has 0 aliphatic rings. The van der Waals surface area contributed by atoms with Crippen molar-refractivity contribution in [1.82, 2.24) is 16.0 Å². The molecule has 0 aliphatic heterocycles. The van der Waals surface area contributed by atoms with Crippen LogP contribution in [0.1, 0.15) is 12.8 Å². The van der Waals surface area contributed by atoms with Crippen molar-refractivity contribution in [3.8, 4) is 0 Å². The molecule has 8 N–H and O–H groups in total. The summed E-state index contributed by atoms with van der Waals surface area (Å²) in [5.41, 5.74) is 5.10. The highest BCUT2D eigenvalue weighted by Gasteiger charge is 2.26. The number of carbonyl (C=O) groups is 5. The average Bonchev–Trinajstić information content (AvgIpc) is 2.53. The summed E-state index contributed by atoms with van der Waals surface area (Å²) in [6.07, 6.45) is -0.695. The van der Waals surface area contributed by atoms with Crippen LogP contribution in [0.2, 0.25) is 0 Å². The second-order valence-electron chi connectivity index (χ2n) is 4.61. The van der Waals surface area contributed by atoms with Crippen molar-refractivity contribution >= 4 is 29.7 Å². The molecule has 0 fully saturated rings. The number of nitrogens with one attached hydrogen (secondary N) is 3. The first-order chi connectivity index (χ1) is 11.2. The van der Waals surface area contributed by atoms with Gasteiger partial charge >= 0.3 is 11.9 Å². The lowest BCUT2D eigenvalue weighted by molar-refractivity contribution is -0.139. The molecule has 0 saturated heterocycles. The Morgan fingerprint density at radius 3 is 2.00 bits per heavy atom. The van der Waals surface area contributed by atoms with Crippen molar-refractivity contribution in [1.29, 1.82) is 0 Å². The van der Waals surface area contributed by atoms with Gasteiger partial charge < -0.3 is 37.0 Å². The van der Waals surface area contributed by atoms with Crippen molar-refractivity contribution in [3.05, 3.63) is 0 Å². The molecule has 0 saturated carbocycles. The van der Waals surface area contributed by atoms with Crippen molar-refractivity contribution in [2.45, 2.75) is 24.9 Å². The summed E-state index contributed by atoms with van der Waals surface area (Å²) in [6, 6.07) is -2.74. The lowest BCUT2D eigenvalue weighted by atomic mass is 10.1. The Hall–Kier alpha value is -2.73. The third-order valence-corrected chi connectivity index (χ3v) is 2.71. The molecule has 0 aliphatic carbocycles. The van der Waals surface area contributed by atoms with E-state index in [9.17, 15) is 24.0 Å². The number of carboxylic acids is 2. The molecule has 0 bridgehead atoms. The molecule has 0 heterocycles. The van der Waals surface area contributed by atoms with E-state index >= 15 is 0 Å². The van der Waals surface area contributed by atoms with E-state index < -0.39 is 67.9 Å². The van der Waals surface area contributed by atoms with E-state index in [1.54, 1.807) is 0 Å². The lowest BCUT2D eigenvalue weighted by Crippen LogP contribution is -2.56. The molecule has 0 rings (SSSR count). The lowest BCUT2D eigenvalue weighted by Gasteiger charge is -2.21. The van der Waals surface area contributed by atoms with E-state index in [0.29, 0.717) is 0 Å². The first-order valence-electron chi connectivity index (χ1n) is 6.83. The van der Waals surface area contributed by atoms with Crippen molar-refractivity contribution < 1.29 is 39.3 Å². The minimum absolute atomic E-state index is 0.262. The van der Waals surface area contributed by atoms with Gasteiger partial charge in [0.2, 0.25) is 17.7 Å². The zero-order valence-electron chi connectivity index (χ0n) is 12.7. The van der Waals surface area contributed by atoms with E-state index in [0.717, 1.165) is 0 Å². The number of hydrogen-bond donors (Lipinski definition) is 7. The summed E-state index contributed by atoms with van der Waals surface area (Å²) in [5.74, 6) is -5.09. The zero-order chi connectivity index (χ0) is 18.7. The molecule has 0 aromatic rings. The van der Waals surface area contributed by atoms with Gasteiger partial charge in [-0.25, -0.2) is 0 Å².